The number of hydrogen-bond donors (Lipinski definition) is 0. The molecular weight excluding hydrogens is 178 g/mol. The second kappa shape index (κ2) is 4.58. The zero-order chi connectivity index (χ0) is 10.7. The molecule has 0 aromatic carbocycles. The Morgan fingerprint density at radius 3 is 2.71 bits per heavy atom. The molecule has 1 aliphatic carbocycles. The second-order valence-corrected chi connectivity index (χ2v) is 4.62. The predicted molar refractivity (Wildman–Crippen MR) is 56.7 cm³/mol. The van der Waals surface area contributed by atoms with Gasteiger partial charge in [0.2, 0.25) is 6.54 Å². The fourth-order valence-corrected chi connectivity index (χ4v) is 2.18. The molecule has 0 aliphatic heterocycles. The molecule has 0 aromatic rings. The van der Waals surface area contributed by atoms with Gasteiger partial charge in [-0.05, 0) is 36.7 Å². The Labute approximate surface area is 85.3 Å². The zero-order valence-electron chi connectivity index (χ0n) is 9.25. The highest BCUT2D eigenvalue weighted by Gasteiger charge is 2.22. The minimum absolute atomic E-state index is 0.0558. The van der Waals surface area contributed by atoms with Crippen molar-refractivity contribution in [1.29, 1.82) is 0 Å². The topological polar surface area (TPSA) is 43.1 Å². The molecule has 80 valence electrons. The summed E-state index contributed by atoms with van der Waals surface area (Å²) in [7, 11) is 0. The van der Waals surface area contributed by atoms with E-state index in [4.69, 9.17) is 0 Å². The van der Waals surface area contributed by atoms with E-state index in [1.807, 2.05) is 0 Å². The molecule has 1 aliphatic rings. The lowest BCUT2D eigenvalue weighted by molar-refractivity contribution is -0.471. The molecule has 1 atom stereocenters. The van der Waals surface area contributed by atoms with Gasteiger partial charge in [-0.3, -0.25) is 10.1 Å². The van der Waals surface area contributed by atoms with Gasteiger partial charge in [0.15, 0.2) is 0 Å². The first-order valence-electron chi connectivity index (χ1n) is 5.33. The van der Waals surface area contributed by atoms with Gasteiger partial charge in [0.1, 0.15) is 0 Å². The Hall–Kier alpha value is -0.860. The first-order valence-corrected chi connectivity index (χ1v) is 5.33. The van der Waals surface area contributed by atoms with Crippen molar-refractivity contribution in [2.75, 3.05) is 6.54 Å². The van der Waals surface area contributed by atoms with Gasteiger partial charge in [-0.25, -0.2) is 0 Å². The molecule has 0 fully saturated rings. The minimum atomic E-state index is -0.201. The monoisotopic (exact) mass is 197 g/mol. The van der Waals surface area contributed by atoms with Crippen molar-refractivity contribution in [3.63, 3.8) is 0 Å². The summed E-state index contributed by atoms with van der Waals surface area (Å²) in [6.07, 6.45) is 3.09. The molecule has 0 saturated heterocycles. The zero-order valence-corrected chi connectivity index (χ0v) is 9.25. The summed E-state index contributed by atoms with van der Waals surface area (Å²) in [5, 5.41) is 10.5. The summed E-state index contributed by atoms with van der Waals surface area (Å²) in [4.78, 5) is 10.3. The SMILES string of the molecule is CC1CCC(C[N+](=O)[O-])=C(C(C)C)C1. The quantitative estimate of drug-likeness (QED) is 0.396. The molecule has 3 nitrogen and oxygen atoms in total. The summed E-state index contributed by atoms with van der Waals surface area (Å²) in [6, 6.07) is 0. The van der Waals surface area contributed by atoms with Gasteiger partial charge in [-0.1, -0.05) is 26.3 Å². The van der Waals surface area contributed by atoms with Crippen LogP contribution in [-0.4, -0.2) is 11.5 Å². The van der Waals surface area contributed by atoms with E-state index in [0.717, 1.165) is 24.8 Å². The lowest BCUT2D eigenvalue weighted by atomic mass is 9.80. The number of rotatable bonds is 3. The summed E-state index contributed by atoms with van der Waals surface area (Å²) < 4.78 is 0. The van der Waals surface area contributed by atoms with Crippen LogP contribution >= 0.6 is 0 Å². The highest BCUT2D eigenvalue weighted by atomic mass is 16.6. The van der Waals surface area contributed by atoms with Crippen molar-refractivity contribution >= 4 is 0 Å². The summed E-state index contributed by atoms with van der Waals surface area (Å²) in [5.74, 6) is 1.16. The molecule has 0 N–H and O–H groups in total. The standard InChI is InChI=1S/C11H19NO2/c1-8(2)11-6-9(3)4-5-10(11)7-12(13)14/h8-9H,4-7H2,1-3H3. The van der Waals surface area contributed by atoms with Crippen molar-refractivity contribution < 1.29 is 4.92 Å². The Bertz CT molecular complexity index is 256. The fraction of sp³-hybridized carbons (Fsp3) is 0.818. The van der Waals surface area contributed by atoms with E-state index in [9.17, 15) is 10.1 Å². The number of hydrogen-bond acceptors (Lipinski definition) is 2. The third-order valence-corrected chi connectivity index (χ3v) is 2.98. The Morgan fingerprint density at radius 1 is 1.57 bits per heavy atom. The van der Waals surface area contributed by atoms with Crippen molar-refractivity contribution in [3.05, 3.63) is 21.3 Å². The third-order valence-electron chi connectivity index (χ3n) is 2.98. The largest absolute Gasteiger partial charge is 0.264 e. The molecule has 0 radical (unpaired) electrons. The molecule has 0 heterocycles. The Kier molecular flexibility index (Phi) is 3.67. The Balaban J connectivity index is 2.82. The summed E-state index contributed by atoms with van der Waals surface area (Å²) in [6.45, 7) is 6.55. The van der Waals surface area contributed by atoms with E-state index in [0.29, 0.717) is 11.8 Å². The lowest BCUT2D eigenvalue weighted by Gasteiger charge is -2.25. The minimum Gasteiger partial charge on any atom is -0.264 e. The van der Waals surface area contributed by atoms with E-state index >= 15 is 0 Å². The first kappa shape index (κ1) is 11.2. The molecular formula is C11H19NO2. The van der Waals surface area contributed by atoms with Crippen LogP contribution in [0.1, 0.15) is 40.0 Å². The van der Waals surface area contributed by atoms with E-state index in [1.54, 1.807) is 0 Å². The summed E-state index contributed by atoms with van der Waals surface area (Å²) in [5.41, 5.74) is 2.42. The smallest absolute Gasteiger partial charge is 0.225 e. The highest BCUT2D eigenvalue weighted by Crippen LogP contribution is 2.33. The van der Waals surface area contributed by atoms with Gasteiger partial charge < -0.3 is 0 Å². The van der Waals surface area contributed by atoms with Crippen molar-refractivity contribution in [3.8, 4) is 0 Å². The fourth-order valence-electron chi connectivity index (χ4n) is 2.18. The number of nitrogens with zero attached hydrogens (tertiary/aromatic N) is 1. The molecule has 3 heteroatoms. The number of allylic oxidation sites excluding steroid dienone is 1. The lowest BCUT2D eigenvalue weighted by Crippen LogP contribution is -2.16. The van der Waals surface area contributed by atoms with E-state index in [-0.39, 0.29) is 11.5 Å². The second-order valence-electron chi connectivity index (χ2n) is 4.62. The van der Waals surface area contributed by atoms with Crippen molar-refractivity contribution in [2.24, 2.45) is 11.8 Å². The third kappa shape index (κ3) is 2.82. The molecule has 0 saturated carbocycles. The van der Waals surface area contributed by atoms with Crippen LogP contribution < -0.4 is 0 Å². The van der Waals surface area contributed by atoms with E-state index in [2.05, 4.69) is 20.8 Å². The first-order chi connectivity index (χ1) is 6.50. The molecule has 0 aromatic heterocycles. The van der Waals surface area contributed by atoms with Crippen molar-refractivity contribution in [1.82, 2.24) is 0 Å². The molecule has 0 amide bonds. The van der Waals surface area contributed by atoms with Crippen LogP contribution in [0.3, 0.4) is 0 Å². The highest BCUT2D eigenvalue weighted by molar-refractivity contribution is 5.19. The normalized spacial score (nSPS) is 23.0. The molecule has 0 spiro atoms. The van der Waals surface area contributed by atoms with Gasteiger partial charge in [0.05, 0.1) is 0 Å². The van der Waals surface area contributed by atoms with Gasteiger partial charge in [0, 0.05) is 4.92 Å². The number of nitro groups is 1. The van der Waals surface area contributed by atoms with Gasteiger partial charge in [0.25, 0.3) is 0 Å². The van der Waals surface area contributed by atoms with E-state index in [1.165, 1.54) is 5.57 Å². The maximum Gasteiger partial charge on any atom is 0.225 e. The molecule has 0 bridgehead atoms. The van der Waals surface area contributed by atoms with Gasteiger partial charge >= 0.3 is 0 Å². The Morgan fingerprint density at radius 2 is 2.21 bits per heavy atom. The maximum absolute atomic E-state index is 10.5. The van der Waals surface area contributed by atoms with Crippen LogP contribution in [0.2, 0.25) is 0 Å². The van der Waals surface area contributed by atoms with Gasteiger partial charge in [-0.2, -0.15) is 0 Å². The predicted octanol–water partition coefficient (Wildman–Crippen LogP) is 3.04. The van der Waals surface area contributed by atoms with Crippen LogP contribution in [0.25, 0.3) is 0 Å². The average Bonchev–Trinajstić information content (AvgIpc) is 2.07. The van der Waals surface area contributed by atoms with Gasteiger partial charge in [-0.15, -0.1) is 0 Å². The van der Waals surface area contributed by atoms with Crippen LogP contribution in [0, 0.1) is 22.0 Å². The maximum atomic E-state index is 10.5. The van der Waals surface area contributed by atoms with Crippen LogP contribution in [0.5, 0.6) is 0 Å². The molecule has 14 heavy (non-hydrogen) atoms. The van der Waals surface area contributed by atoms with Crippen LogP contribution in [0.15, 0.2) is 11.1 Å². The van der Waals surface area contributed by atoms with Crippen LogP contribution in [-0.2, 0) is 0 Å². The van der Waals surface area contributed by atoms with E-state index < -0.39 is 0 Å². The van der Waals surface area contributed by atoms with Crippen LogP contribution in [0.4, 0.5) is 0 Å². The molecule has 1 rings (SSSR count). The average molecular weight is 197 g/mol. The van der Waals surface area contributed by atoms with Crippen molar-refractivity contribution in [2.45, 2.75) is 40.0 Å². The molecule has 1 unspecified atom stereocenters. The summed E-state index contributed by atoms with van der Waals surface area (Å²) >= 11 is 0.